The van der Waals surface area contributed by atoms with Gasteiger partial charge in [-0.2, -0.15) is 0 Å². The van der Waals surface area contributed by atoms with Crippen LogP contribution < -0.4 is 15.6 Å². The highest BCUT2D eigenvalue weighted by molar-refractivity contribution is 6.09. The summed E-state index contributed by atoms with van der Waals surface area (Å²) in [6, 6.07) is 15.9. The number of amides is 1. The minimum Gasteiger partial charge on any atom is -0.478 e. The van der Waals surface area contributed by atoms with Gasteiger partial charge in [0.1, 0.15) is 11.3 Å². The molecule has 0 saturated carbocycles. The van der Waals surface area contributed by atoms with Crippen molar-refractivity contribution in [3.63, 3.8) is 0 Å². The van der Waals surface area contributed by atoms with Crippen molar-refractivity contribution in [2.24, 2.45) is 4.99 Å². The van der Waals surface area contributed by atoms with Crippen molar-refractivity contribution in [2.75, 3.05) is 32.6 Å². The first-order valence-corrected chi connectivity index (χ1v) is 10.5. The lowest BCUT2D eigenvalue weighted by Gasteiger charge is -2.19. The number of terminal acetylenes is 1. The maximum Gasteiger partial charge on any atom is 0.336 e. The molecule has 1 aliphatic heterocycles. The number of nitrogens with one attached hydrogen (secondary N) is 1. The lowest BCUT2D eigenvalue weighted by Crippen LogP contribution is -2.23. The van der Waals surface area contributed by atoms with E-state index in [1.165, 1.54) is 6.07 Å². The van der Waals surface area contributed by atoms with Gasteiger partial charge in [0, 0.05) is 61.0 Å². The van der Waals surface area contributed by atoms with Gasteiger partial charge in [-0.05, 0) is 42.0 Å². The maximum absolute atomic E-state index is 12.4. The van der Waals surface area contributed by atoms with Crippen molar-refractivity contribution < 1.29 is 19.1 Å². The molecule has 0 radical (unpaired) electrons. The third-order valence-corrected chi connectivity index (χ3v) is 5.60. The molecule has 0 saturated heterocycles. The Morgan fingerprint density at radius 2 is 1.85 bits per heavy atom. The van der Waals surface area contributed by atoms with Crippen LogP contribution >= 0.6 is 0 Å². The molecule has 0 bridgehead atoms. The molecule has 0 spiro atoms. The molecular formula is C27H23N3O4. The number of hydrogen-bond donors (Lipinski definition) is 2. The highest BCUT2D eigenvalue weighted by atomic mass is 16.4. The van der Waals surface area contributed by atoms with E-state index in [-0.39, 0.29) is 17.7 Å². The van der Waals surface area contributed by atoms with Gasteiger partial charge in [0.05, 0.1) is 17.5 Å². The quantitative estimate of drug-likeness (QED) is 0.353. The van der Waals surface area contributed by atoms with Gasteiger partial charge in [0.15, 0.2) is 0 Å². The second-order valence-electron chi connectivity index (χ2n) is 7.91. The van der Waals surface area contributed by atoms with Crippen LogP contribution in [0.1, 0.15) is 20.7 Å². The Labute approximate surface area is 196 Å². The fourth-order valence-electron chi connectivity index (χ4n) is 3.89. The average molecular weight is 453 g/mol. The molecule has 34 heavy (non-hydrogen) atoms. The largest absolute Gasteiger partial charge is 0.478 e. The number of fused-ring (bicyclic) bond motifs is 2. The molecule has 4 rings (SSSR count). The van der Waals surface area contributed by atoms with Crippen LogP contribution in [0.25, 0.3) is 33.4 Å². The number of hydrogen-bond acceptors (Lipinski definition) is 5. The van der Waals surface area contributed by atoms with Gasteiger partial charge in [-0.15, -0.1) is 6.42 Å². The Balaban J connectivity index is 2.05. The summed E-state index contributed by atoms with van der Waals surface area (Å²) in [6.07, 6.45) is 5.21. The normalized spacial score (nSPS) is 11.4. The molecule has 7 nitrogen and oxygen atoms in total. The highest BCUT2D eigenvalue weighted by Crippen LogP contribution is 2.42. The summed E-state index contributed by atoms with van der Waals surface area (Å²) < 4.78 is 6.23. The van der Waals surface area contributed by atoms with Gasteiger partial charge in [0.25, 0.3) is 5.91 Å². The van der Waals surface area contributed by atoms with Crippen LogP contribution in [0.4, 0.5) is 5.69 Å². The SMILES string of the molecule is C#CCNC(=O)c1ccc(-c2c3ccc(=NC)cc-3oc3cc(N(C)C)ccc23)c(C(=O)O)c1. The van der Waals surface area contributed by atoms with Gasteiger partial charge < -0.3 is 19.7 Å². The van der Waals surface area contributed by atoms with E-state index in [1.807, 2.05) is 55.4 Å². The Bertz CT molecular complexity index is 1510. The summed E-state index contributed by atoms with van der Waals surface area (Å²) in [5.41, 5.74) is 3.69. The molecule has 0 fully saturated rings. The number of benzene rings is 3. The zero-order chi connectivity index (χ0) is 24.4. The zero-order valence-electron chi connectivity index (χ0n) is 19.0. The van der Waals surface area contributed by atoms with E-state index in [4.69, 9.17) is 10.8 Å². The Morgan fingerprint density at radius 3 is 2.53 bits per heavy atom. The standard InChI is InChI=1S/C27H23N3O4/c1-5-12-29-26(31)16-6-9-19(22(13-16)27(32)33)25-20-10-7-17(28-2)14-23(20)34-24-15-18(30(3)4)8-11-21(24)25/h1,6-11,13-15H,12H2,2-4H3,(H,29,31)(H,32,33). The number of carbonyl (C=O) groups is 2. The predicted octanol–water partition coefficient (Wildman–Crippen LogP) is 3.86. The van der Waals surface area contributed by atoms with Crippen molar-refractivity contribution in [3.8, 4) is 34.8 Å². The van der Waals surface area contributed by atoms with Crippen molar-refractivity contribution >= 4 is 28.5 Å². The van der Waals surface area contributed by atoms with E-state index < -0.39 is 11.9 Å². The van der Waals surface area contributed by atoms with Crippen LogP contribution in [0.15, 0.2) is 64.0 Å². The van der Waals surface area contributed by atoms with E-state index in [2.05, 4.69) is 16.2 Å². The highest BCUT2D eigenvalue weighted by Gasteiger charge is 2.23. The third-order valence-electron chi connectivity index (χ3n) is 5.60. The fraction of sp³-hybridized carbons (Fsp3) is 0.148. The molecule has 1 aliphatic carbocycles. The minimum atomic E-state index is -1.14. The molecule has 2 aromatic carbocycles. The van der Waals surface area contributed by atoms with Crippen LogP contribution in [-0.2, 0) is 0 Å². The van der Waals surface area contributed by atoms with E-state index in [0.29, 0.717) is 22.5 Å². The summed E-state index contributed by atoms with van der Waals surface area (Å²) in [6.45, 7) is 0.0531. The molecule has 1 heterocycles. The number of rotatable bonds is 5. The Morgan fingerprint density at radius 1 is 1.09 bits per heavy atom. The molecular weight excluding hydrogens is 430 g/mol. The van der Waals surface area contributed by atoms with E-state index in [9.17, 15) is 14.7 Å². The predicted molar refractivity (Wildman–Crippen MR) is 132 cm³/mol. The van der Waals surface area contributed by atoms with Gasteiger partial charge in [-0.1, -0.05) is 12.0 Å². The summed E-state index contributed by atoms with van der Waals surface area (Å²) >= 11 is 0. The average Bonchev–Trinajstić information content (AvgIpc) is 2.84. The molecule has 0 aromatic heterocycles. The Kier molecular flexibility index (Phi) is 6.07. The Hall–Kier alpha value is -4.57. The topological polar surface area (TPSA) is 95.1 Å². The molecule has 2 aromatic rings. The number of nitrogens with zero attached hydrogens (tertiary/aromatic N) is 2. The van der Waals surface area contributed by atoms with Gasteiger partial charge in [-0.3, -0.25) is 9.79 Å². The fourth-order valence-corrected chi connectivity index (χ4v) is 3.89. The maximum atomic E-state index is 12.4. The molecule has 2 aliphatic rings. The summed E-state index contributed by atoms with van der Waals surface area (Å²) in [5, 5.41) is 14.1. The van der Waals surface area contributed by atoms with Gasteiger partial charge in [-0.25, -0.2) is 4.79 Å². The van der Waals surface area contributed by atoms with Crippen molar-refractivity contribution in [3.05, 3.63) is 71.1 Å². The summed E-state index contributed by atoms with van der Waals surface area (Å²) in [4.78, 5) is 30.9. The number of aromatic carboxylic acids is 1. The molecule has 0 atom stereocenters. The molecule has 7 heteroatoms. The molecule has 170 valence electrons. The van der Waals surface area contributed by atoms with Crippen molar-refractivity contribution in [1.29, 1.82) is 0 Å². The molecule has 1 amide bonds. The smallest absolute Gasteiger partial charge is 0.336 e. The second-order valence-corrected chi connectivity index (χ2v) is 7.91. The van der Waals surface area contributed by atoms with Gasteiger partial charge >= 0.3 is 5.97 Å². The minimum absolute atomic E-state index is 0.00287. The van der Waals surface area contributed by atoms with Crippen molar-refractivity contribution in [2.45, 2.75) is 0 Å². The van der Waals surface area contributed by atoms with Crippen molar-refractivity contribution in [1.82, 2.24) is 5.32 Å². The number of anilines is 1. The zero-order valence-corrected chi connectivity index (χ0v) is 19.0. The van der Waals surface area contributed by atoms with E-state index in [1.54, 1.807) is 19.2 Å². The van der Waals surface area contributed by atoms with Crippen LogP contribution in [-0.4, -0.2) is 44.7 Å². The van der Waals surface area contributed by atoms with Crippen LogP contribution in [0.2, 0.25) is 0 Å². The summed E-state index contributed by atoms with van der Waals surface area (Å²) in [5.74, 6) is 1.33. The van der Waals surface area contributed by atoms with Crippen LogP contribution in [0, 0.1) is 12.3 Å². The first-order valence-electron chi connectivity index (χ1n) is 10.5. The number of carboxylic acids is 1. The second kappa shape index (κ2) is 9.12. The first kappa shape index (κ1) is 22.6. The van der Waals surface area contributed by atoms with Gasteiger partial charge in [0.2, 0.25) is 0 Å². The monoisotopic (exact) mass is 453 g/mol. The lowest BCUT2D eigenvalue weighted by atomic mass is 9.89. The van der Waals surface area contributed by atoms with E-state index in [0.717, 1.165) is 22.0 Å². The number of carboxylic acid groups (broad SMARTS) is 1. The molecule has 0 unspecified atom stereocenters. The lowest BCUT2D eigenvalue weighted by molar-refractivity contribution is 0.0697. The van der Waals surface area contributed by atoms with Crippen LogP contribution in [0.5, 0.6) is 0 Å². The first-order chi connectivity index (χ1) is 16.3. The number of carbonyl (C=O) groups excluding carboxylic acids is 1. The van der Waals surface area contributed by atoms with E-state index >= 15 is 0 Å². The molecule has 2 N–H and O–H groups in total. The third kappa shape index (κ3) is 4.09. The van der Waals surface area contributed by atoms with Crippen LogP contribution in [0.3, 0.4) is 0 Å². The summed E-state index contributed by atoms with van der Waals surface area (Å²) in [7, 11) is 5.56.